The molecule has 14 nitrogen and oxygen atoms in total. The Labute approximate surface area is 330 Å². The molecule has 0 atom stereocenters. The molecule has 306 valence electrons. The van der Waals surface area contributed by atoms with Crippen molar-refractivity contribution in [2.45, 2.75) is 150 Å². The van der Waals surface area contributed by atoms with E-state index in [2.05, 4.69) is 26.2 Å². The zero-order chi connectivity index (χ0) is 41.3. The Morgan fingerprint density at radius 3 is 1.56 bits per heavy atom. The Morgan fingerprint density at radius 1 is 0.648 bits per heavy atom. The summed E-state index contributed by atoms with van der Waals surface area (Å²) in [7, 11) is 0. The fourth-order valence-electron chi connectivity index (χ4n) is 4.47. The lowest BCUT2D eigenvalue weighted by molar-refractivity contribution is 0.0270. The van der Waals surface area contributed by atoms with Crippen LogP contribution in [0.4, 0.5) is 19.2 Å². The summed E-state index contributed by atoms with van der Waals surface area (Å²) >= 11 is 3.46. The maximum absolute atomic E-state index is 13.8. The van der Waals surface area contributed by atoms with Crippen LogP contribution in [0.25, 0.3) is 0 Å². The van der Waals surface area contributed by atoms with Gasteiger partial charge in [-0.3, -0.25) is 10.7 Å². The van der Waals surface area contributed by atoms with E-state index < -0.39 is 46.8 Å². The number of aliphatic imine (C=N–C) groups is 1. The third-order valence-corrected chi connectivity index (χ3v) is 7.19. The van der Waals surface area contributed by atoms with E-state index in [0.29, 0.717) is 30.6 Å². The van der Waals surface area contributed by atoms with E-state index in [9.17, 15) is 19.2 Å². The molecule has 0 aliphatic carbocycles. The second kappa shape index (κ2) is 21.9. The third-order valence-electron chi connectivity index (χ3n) is 6.62. The van der Waals surface area contributed by atoms with Gasteiger partial charge in [0.1, 0.15) is 34.0 Å². The molecule has 0 bridgehead atoms. The first-order valence-electron chi connectivity index (χ1n) is 18.5. The molecule has 0 aromatic heterocycles. The molecule has 54 heavy (non-hydrogen) atoms. The number of amidine groups is 1. The van der Waals surface area contributed by atoms with Crippen LogP contribution >= 0.6 is 15.9 Å². The number of hydrogen-bond donors (Lipinski definition) is 2. The molecule has 0 aliphatic rings. The number of hydrogen-bond acceptors (Lipinski definition) is 10. The highest BCUT2D eigenvalue weighted by Crippen LogP contribution is 2.19. The first-order chi connectivity index (χ1) is 24.8. The second-order valence-corrected chi connectivity index (χ2v) is 17.5. The fraction of sp³-hybridized carbons (Fsp3) is 0.692. The van der Waals surface area contributed by atoms with Crippen LogP contribution in [0.15, 0.2) is 29.3 Å². The van der Waals surface area contributed by atoms with Crippen molar-refractivity contribution in [1.82, 2.24) is 15.1 Å². The maximum Gasteiger partial charge on any atom is 0.437 e. The molecule has 0 unspecified atom stereocenters. The number of halogens is 1. The van der Waals surface area contributed by atoms with Crippen molar-refractivity contribution in [3.05, 3.63) is 29.8 Å². The minimum absolute atomic E-state index is 0.0247. The molecule has 0 fully saturated rings. The van der Waals surface area contributed by atoms with E-state index in [-0.39, 0.29) is 31.5 Å². The number of carbonyl (C=O) groups excluding carboxylic acids is 4. The summed E-state index contributed by atoms with van der Waals surface area (Å²) < 4.78 is 28.1. The molecule has 0 spiro atoms. The number of benzene rings is 1. The predicted molar refractivity (Wildman–Crippen MR) is 214 cm³/mol. The number of nitrogens with zero attached hydrogens (tertiary/aromatic N) is 3. The Hall–Kier alpha value is -3.88. The Balaban J connectivity index is 3.30. The average molecular weight is 827 g/mol. The first kappa shape index (κ1) is 48.1. The quantitative estimate of drug-likeness (QED) is 0.0610. The standard InChI is InChI=1S/C39H64BrN5O9/c1-36(2,3)51-32(46)42-30(41)28-20-22-29(23-21-28)50-27-19-18-26-45(35(49)54-39(10,11)12)31(43-33(47)52-37(4,5)6)44(34(48)53-38(7,8)9)25-17-15-13-14-16-24-40/h20-23H,13-19,24-27H2,1-12H3,(H2,41,42,46)/b43-31-. The van der Waals surface area contributed by atoms with Gasteiger partial charge in [-0.25, -0.2) is 29.0 Å². The van der Waals surface area contributed by atoms with Gasteiger partial charge in [0.25, 0.3) is 0 Å². The summed E-state index contributed by atoms with van der Waals surface area (Å²) in [5.41, 5.74) is -2.89. The smallest absolute Gasteiger partial charge is 0.437 e. The first-order valence-corrected chi connectivity index (χ1v) is 19.6. The van der Waals surface area contributed by atoms with E-state index in [1.807, 2.05) is 0 Å². The van der Waals surface area contributed by atoms with Crippen LogP contribution in [-0.4, -0.2) is 93.4 Å². The summed E-state index contributed by atoms with van der Waals surface area (Å²) in [6.07, 6.45) is 1.95. The molecule has 0 saturated carbocycles. The van der Waals surface area contributed by atoms with Crippen molar-refractivity contribution < 1.29 is 42.9 Å². The lowest BCUT2D eigenvalue weighted by Gasteiger charge is -2.34. The number of guanidine groups is 1. The lowest BCUT2D eigenvalue weighted by atomic mass is 10.1. The van der Waals surface area contributed by atoms with Crippen LogP contribution in [0.1, 0.15) is 134 Å². The minimum Gasteiger partial charge on any atom is -0.494 e. The van der Waals surface area contributed by atoms with Gasteiger partial charge in [-0.15, -0.1) is 4.99 Å². The molecule has 4 amide bonds. The molecule has 0 aliphatic heterocycles. The highest BCUT2D eigenvalue weighted by Gasteiger charge is 2.35. The monoisotopic (exact) mass is 825 g/mol. The van der Waals surface area contributed by atoms with Crippen LogP contribution in [0.3, 0.4) is 0 Å². The van der Waals surface area contributed by atoms with Gasteiger partial charge in [-0.2, -0.15) is 0 Å². The normalized spacial score (nSPS) is 12.4. The van der Waals surface area contributed by atoms with Gasteiger partial charge in [0.15, 0.2) is 0 Å². The van der Waals surface area contributed by atoms with Gasteiger partial charge in [0.05, 0.1) is 6.61 Å². The number of nitrogens with one attached hydrogen (secondary N) is 2. The highest BCUT2D eigenvalue weighted by molar-refractivity contribution is 9.09. The number of ether oxygens (including phenoxy) is 5. The lowest BCUT2D eigenvalue weighted by Crippen LogP contribution is -2.53. The summed E-state index contributed by atoms with van der Waals surface area (Å²) in [6, 6.07) is 6.65. The molecule has 1 aromatic carbocycles. The number of unbranched alkanes of at least 4 members (excludes halogenated alkanes) is 5. The summed E-state index contributed by atoms with van der Waals surface area (Å²) in [5.74, 6) is 0.177. The molecular weight excluding hydrogens is 762 g/mol. The molecule has 0 radical (unpaired) electrons. The number of amides is 4. The second-order valence-electron chi connectivity index (χ2n) is 16.7. The van der Waals surface area contributed by atoms with Crippen LogP contribution in [0, 0.1) is 5.41 Å². The molecule has 0 saturated heterocycles. The topological polar surface area (TPSA) is 169 Å². The van der Waals surface area contributed by atoms with Crippen LogP contribution < -0.4 is 10.1 Å². The number of rotatable bonds is 14. The van der Waals surface area contributed by atoms with Crippen molar-refractivity contribution >= 4 is 52.1 Å². The molecule has 15 heteroatoms. The maximum atomic E-state index is 13.8. The van der Waals surface area contributed by atoms with E-state index in [1.165, 1.54) is 9.80 Å². The molecule has 1 rings (SSSR count). The van der Waals surface area contributed by atoms with Crippen LogP contribution in [0.5, 0.6) is 5.75 Å². The number of alkyl carbamates (subject to hydrolysis) is 1. The fourth-order valence-corrected chi connectivity index (χ4v) is 4.86. The van der Waals surface area contributed by atoms with Gasteiger partial charge in [0, 0.05) is 24.0 Å². The Kier molecular flexibility index (Phi) is 19.5. The molecule has 1 aromatic rings. The van der Waals surface area contributed by atoms with E-state index in [1.54, 1.807) is 107 Å². The Morgan fingerprint density at radius 2 is 1.09 bits per heavy atom. The SMILES string of the molecule is CC(C)(C)OC(=O)/N=C(/N(CCCCCCCBr)C(=O)OC(C)(C)C)N(CCCCOc1ccc(C(=N)NC(=O)OC(C)(C)C)cc1)C(=O)OC(C)(C)C. The minimum atomic E-state index is -0.974. The van der Waals surface area contributed by atoms with E-state index in [0.717, 1.165) is 31.0 Å². The molecule has 0 heterocycles. The van der Waals surface area contributed by atoms with E-state index in [4.69, 9.17) is 29.1 Å². The number of carbonyl (C=O) groups is 4. The summed E-state index contributed by atoms with van der Waals surface area (Å²) in [6.45, 7) is 21.1. The number of alkyl halides is 1. The van der Waals surface area contributed by atoms with Crippen LogP contribution in [0.2, 0.25) is 0 Å². The molecule has 2 N–H and O–H groups in total. The third kappa shape index (κ3) is 21.7. The van der Waals surface area contributed by atoms with Crippen molar-refractivity contribution in [2.24, 2.45) is 4.99 Å². The van der Waals surface area contributed by atoms with Gasteiger partial charge in [-0.05, 0) is 133 Å². The van der Waals surface area contributed by atoms with Crippen molar-refractivity contribution in [1.29, 1.82) is 5.41 Å². The Bertz CT molecular complexity index is 1410. The van der Waals surface area contributed by atoms with Crippen LogP contribution in [-0.2, 0) is 18.9 Å². The van der Waals surface area contributed by atoms with Gasteiger partial charge < -0.3 is 23.7 Å². The highest BCUT2D eigenvalue weighted by atomic mass is 79.9. The van der Waals surface area contributed by atoms with Crippen molar-refractivity contribution in [3.8, 4) is 5.75 Å². The van der Waals surface area contributed by atoms with Gasteiger partial charge in [-0.1, -0.05) is 35.2 Å². The predicted octanol–water partition coefficient (Wildman–Crippen LogP) is 9.81. The van der Waals surface area contributed by atoms with E-state index >= 15 is 0 Å². The molecular formula is C39H64BrN5O9. The summed E-state index contributed by atoms with van der Waals surface area (Å²) in [4.78, 5) is 59.5. The van der Waals surface area contributed by atoms with Crippen molar-refractivity contribution in [3.63, 3.8) is 0 Å². The van der Waals surface area contributed by atoms with Gasteiger partial charge >= 0.3 is 24.4 Å². The summed E-state index contributed by atoms with van der Waals surface area (Å²) in [5, 5.41) is 11.5. The average Bonchev–Trinajstić information content (AvgIpc) is 2.98. The zero-order valence-electron chi connectivity index (χ0n) is 34.5. The van der Waals surface area contributed by atoms with Gasteiger partial charge in [0.2, 0.25) is 5.96 Å². The zero-order valence-corrected chi connectivity index (χ0v) is 36.1. The largest absolute Gasteiger partial charge is 0.494 e. The van der Waals surface area contributed by atoms with Crippen molar-refractivity contribution in [2.75, 3.05) is 25.0 Å².